The van der Waals surface area contributed by atoms with Crippen molar-refractivity contribution in [2.24, 2.45) is 0 Å². The largest absolute Gasteiger partial charge is 0.490 e. The minimum atomic E-state index is -1.67. The van der Waals surface area contributed by atoms with Crippen molar-refractivity contribution in [2.45, 2.75) is 43.9 Å². The molecule has 4 aromatic rings. The van der Waals surface area contributed by atoms with Crippen LogP contribution in [0.4, 0.5) is 21.7 Å². The number of hydrogen-bond donors (Lipinski definition) is 4. The highest BCUT2D eigenvalue weighted by Crippen LogP contribution is 2.34. The molecule has 3 aliphatic rings. The number of carbonyl (C=O) groups is 5. The van der Waals surface area contributed by atoms with E-state index in [1.165, 1.54) is 24.4 Å². The van der Waals surface area contributed by atoms with Gasteiger partial charge in [-0.1, -0.05) is 6.07 Å². The van der Waals surface area contributed by atoms with E-state index >= 15 is 4.39 Å². The molecule has 48 heavy (non-hydrogen) atoms. The van der Waals surface area contributed by atoms with Gasteiger partial charge in [-0.15, -0.1) is 0 Å². The fraction of sp³-hybridized carbons (Fsp3) is 0.273. The molecule has 2 atom stereocenters. The second-order valence-corrected chi connectivity index (χ2v) is 11.7. The molecule has 3 aromatic heterocycles. The Morgan fingerprint density at radius 1 is 1.04 bits per heavy atom. The van der Waals surface area contributed by atoms with Crippen LogP contribution in [0.25, 0.3) is 10.9 Å². The van der Waals surface area contributed by atoms with Gasteiger partial charge in [0, 0.05) is 42.5 Å². The summed E-state index contributed by atoms with van der Waals surface area (Å²) in [4.78, 5) is 77.2. The number of amides is 5. The fourth-order valence-corrected chi connectivity index (χ4v) is 5.58. The van der Waals surface area contributed by atoms with Crippen molar-refractivity contribution in [1.29, 1.82) is 0 Å². The van der Waals surface area contributed by atoms with Gasteiger partial charge in [-0.25, -0.2) is 14.4 Å². The quantitative estimate of drug-likeness (QED) is 0.175. The van der Waals surface area contributed by atoms with Crippen molar-refractivity contribution in [1.82, 2.24) is 30.5 Å². The van der Waals surface area contributed by atoms with E-state index in [9.17, 15) is 24.0 Å². The van der Waals surface area contributed by atoms with E-state index in [1.54, 1.807) is 30.6 Å². The van der Waals surface area contributed by atoms with E-state index in [1.807, 2.05) is 6.07 Å². The average Bonchev–Trinajstić information content (AvgIpc) is 3.86. The van der Waals surface area contributed by atoms with Crippen LogP contribution in [-0.4, -0.2) is 80.8 Å². The fourth-order valence-electron chi connectivity index (χ4n) is 5.58. The lowest BCUT2D eigenvalue weighted by atomic mass is 10.0. The second kappa shape index (κ2) is 12.7. The van der Waals surface area contributed by atoms with Gasteiger partial charge in [-0.05, 0) is 49.6 Å². The molecule has 0 spiro atoms. The van der Waals surface area contributed by atoms with Crippen LogP contribution < -0.4 is 26.0 Å². The Hall–Kier alpha value is -5.99. The smallest absolute Gasteiger partial charge is 0.266 e. The van der Waals surface area contributed by atoms with Crippen LogP contribution in [0.2, 0.25) is 0 Å². The third kappa shape index (κ3) is 6.21. The number of alkyl halides is 1. The van der Waals surface area contributed by atoms with Gasteiger partial charge in [0.15, 0.2) is 6.17 Å². The van der Waals surface area contributed by atoms with Crippen molar-refractivity contribution in [3.63, 3.8) is 0 Å². The third-order valence-corrected chi connectivity index (χ3v) is 8.16. The number of anilines is 3. The highest BCUT2D eigenvalue weighted by Gasteiger charge is 2.46. The number of ether oxygens (including phenoxy) is 1. The number of nitrogens with zero attached hydrogens (tertiary/aromatic N) is 4. The van der Waals surface area contributed by atoms with Crippen molar-refractivity contribution in [3.8, 4) is 5.75 Å². The molecule has 1 aromatic carbocycles. The summed E-state index contributed by atoms with van der Waals surface area (Å²) in [5.74, 6) is -2.23. The summed E-state index contributed by atoms with van der Waals surface area (Å²) in [5.41, 5.74) is 1.46. The molecule has 2 fully saturated rings. The summed E-state index contributed by atoms with van der Waals surface area (Å²) < 4.78 is 20.7. The number of aromatic nitrogens is 3. The molecular formula is C33H29FN8O6. The van der Waals surface area contributed by atoms with Crippen molar-refractivity contribution < 1.29 is 33.1 Å². The number of piperidine rings is 1. The molecule has 0 radical (unpaired) electrons. The van der Waals surface area contributed by atoms with Gasteiger partial charge in [0.2, 0.25) is 11.8 Å². The Balaban J connectivity index is 0.983. The highest BCUT2D eigenvalue weighted by molar-refractivity contribution is 6.24. The predicted molar refractivity (Wildman–Crippen MR) is 170 cm³/mol. The maximum absolute atomic E-state index is 15.0. The van der Waals surface area contributed by atoms with E-state index in [-0.39, 0.29) is 41.3 Å². The number of benzene rings is 1. The number of halogens is 1. The van der Waals surface area contributed by atoms with E-state index < -0.39 is 54.9 Å². The number of fused-ring (bicyclic) bond motifs is 2. The molecule has 15 heteroatoms. The van der Waals surface area contributed by atoms with Crippen LogP contribution in [0, 0.1) is 0 Å². The van der Waals surface area contributed by atoms with Crippen molar-refractivity contribution in [3.05, 3.63) is 77.7 Å². The van der Waals surface area contributed by atoms with E-state index in [2.05, 4.69) is 36.2 Å². The van der Waals surface area contributed by atoms with Crippen molar-refractivity contribution in [2.75, 3.05) is 23.8 Å². The average molecular weight is 653 g/mol. The van der Waals surface area contributed by atoms with Gasteiger partial charge in [-0.3, -0.25) is 39.2 Å². The summed E-state index contributed by atoms with van der Waals surface area (Å²) in [7, 11) is 0. The Morgan fingerprint density at radius 2 is 1.90 bits per heavy atom. The van der Waals surface area contributed by atoms with Crippen molar-refractivity contribution >= 4 is 57.8 Å². The van der Waals surface area contributed by atoms with Crippen LogP contribution in [0.3, 0.4) is 0 Å². The zero-order valence-corrected chi connectivity index (χ0v) is 25.4. The normalized spacial score (nSPS) is 17.9. The molecule has 5 heterocycles. The summed E-state index contributed by atoms with van der Waals surface area (Å²) in [6, 6.07) is 10.6. The molecule has 0 bridgehead atoms. The highest BCUT2D eigenvalue weighted by atomic mass is 19.1. The first-order valence-corrected chi connectivity index (χ1v) is 15.4. The molecule has 4 N–H and O–H groups in total. The SMILES string of the molecule is O=C1CCC(N2C(=O)c3cccc(OCC(F)CNC(=O)c4cnc(Nc5ccc6cnccc6n5)cc4NC4CC4)c3C2=O)C(=O)N1. The molecule has 244 valence electrons. The number of carbonyl (C=O) groups excluding carboxylic acids is 5. The van der Waals surface area contributed by atoms with Gasteiger partial charge in [0.25, 0.3) is 17.7 Å². The van der Waals surface area contributed by atoms with Gasteiger partial charge >= 0.3 is 0 Å². The third-order valence-electron chi connectivity index (χ3n) is 8.16. The Morgan fingerprint density at radius 3 is 2.71 bits per heavy atom. The molecule has 1 aliphatic carbocycles. The van der Waals surface area contributed by atoms with Crippen LogP contribution in [0.1, 0.15) is 56.8 Å². The zero-order chi connectivity index (χ0) is 33.4. The van der Waals surface area contributed by atoms with Gasteiger partial charge in [0.05, 0.1) is 34.4 Å². The van der Waals surface area contributed by atoms with Gasteiger partial charge in [0.1, 0.15) is 30.0 Å². The van der Waals surface area contributed by atoms with E-state index in [0.29, 0.717) is 17.3 Å². The topological polar surface area (TPSA) is 185 Å². The lowest BCUT2D eigenvalue weighted by Gasteiger charge is -2.27. The number of hydrogen-bond acceptors (Lipinski definition) is 11. The summed E-state index contributed by atoms with van der Waals surface area (Å²) in [6.45, 7) is -0.929. The molecule has 2 unspecified atom stereocenters. The Kier molecular flexibility index (Phi) is 8.08. The summed E-state index contributed by atoms with van der Waals surface area (Å²) in [6.07, 6.45) is 5.01. The number of nitrogens with one attached hydrogen (secondary N) is 4. The first kappa shape index (κ1) is 30.7. The maximum Gasteiger partial charge on any atom is 0.266 e. The lowest BCUT2D eigenvalue weighted by molar-refractivity contribution is -0.136. The van der Waals surface area contributed by atoms with Gasteiger partial charge in [-0.2, -0.15) is 0 Å². The first-order chi connectivity index (χ1) is 23.2. The standard InChI is InChI=1S/C33H29FN8O6/c34-18(16-48-25-3-1-2-20-29(25)33(47)42(32(20)46)24-7-9-28(43)41-31(24)45)14-37-30(44)21-15-36-27(12-23(21)38-19-5-6-19)40-26-8-4-17-13-35-11-10-22(17)39-26/h1-4,8,10-13,15,18-19,24H,5-7,9,14,16H2,(H,37,44)(H,41,43,45)(H2,36,38,39,40). The molecule has 14 nitrogen and oxygen atoms in total. The van der Waals surface area contributed by atoms with E-state index in [4.69, 9.17) is 4.74 Å². The first-order valence-electron chi connectivity index (χ1n) is 15.4. The maximum atomic E-state index is 15.0. The molecule has 1 saturated carbocycles. The van der Waals surface area contributed by atoms with E-state index in [0.717, 1.165) is 28.6 Å². The second-order valence-electron chi connectivity index (χ2n) is 11.7. The van der Waals surface area contributed by atoms with Crippen LogP contribution >= 0.6 is 0 Å². The molecule has 5 amide bonds. The molecule has 2 aliphatic heterocycles. The minimum Gasteiger partial charge on any atom is -0.490 e. The zero-order valence-electron chi connectivity index (χ0n) is 25.4. The number of imide groups is 2. The predicted octanol–water partition coefficient (Wildman–Crippen LogP) is 2.89. The Bertz CT molecular complexity index is 1990. The molecule has 1 saturated heterocycles. The number of rotatable bonds is 11. The Labute approximate surface area is 272 Å². The molecular weight excluding hydrogens is 623 g/mol. The van der Waals surface area contributed by atoms with Crippen LogP contribution in [0.5, 0.6) is 5.75 Å². The monoisotopic (exact) mass is 652 g/mol. The summed E-state index contributed by atoms with van der Waals surface area (Å²) >= 11 is 0. The molecule has 7 rings (SSSR count). The lowest BCUT2D eigenvalue weighted by Crippen LogP contribution is -2.54. The number of pyridine rings is 3. The van der Waals surface area contributed by atoms with Crippen LogP contribution in [0.15, 0.2) is 61.1 Å². The van der Waals surface area contributed by atoms with Crippen LogP contribution in [-0.2, 0) is 9.59 Å². The summed E-state index contributed by atoms with van der Waals surface area (Å²) in [5, 5.41) is 12.1. The minimum absolute atomic E-state index is 0.00494. The van der Waals surface area contributed by atoms with Gasteiger partial charge < -0.3 is 20.7 Å².